The average Bonchev–Trinajstić information content (AvgIpc) is 3.31. The van der Waals surface area contributed by atoms with E-state index in [1.54, 1.807) is 6.07 Å². The van der Waals surface area contributed by atoms with Gasteiger partial charge in [0.05, 0.1) is 4.91 Å². The summed E-state index contributed by atoms with van der Waals surface area (Å²) in [7, 11) is 0. The molecule has 0 spiro atoms. The highest BCUT2D eigenvalue weighted by molar-refractivity contribution is 8.18. The van der Waals surface area contributed by atoms with Crippen molar-refractivity contribution >= 4 is 52.3 Å². The molecule has 1 aromatic heterocycles. The number of hydrogen-bond acceptors (Lipinski definition) is 6. The predicted octanol–water partition coefficient (Wildman–Crippen LogP) is 6.34. The van der Waals surface area contributed by atoms with Crippen molar-refractivity contribution in [1.29, 1.82) is 0 Å². The number of amides is 3. The summed E-state index contributed by atoms with van der Waals surface area (Å²) in [6, 6.07) is 15.6. The van der Waals surface area contributed by atoms with Gasteiger partial charge in [-0.2, -0.15) is 0 Å². The molecule has 1 N–H and O–H groups in total. The van der Waals surface area contributed by atoms with Crippen LogP contribution in [0.15, 0.2) is 67.8 Å². The summed E-state index contributed by atoms with van der Waals surface area (Å²) in [5.41, 5.74) is 4.83. The van der Waals surface area contributed by atoms with Crippen molar-refractivity contribution < 1.29 is 18.8 Å². The van der Waals surface area contributed by atoms with Crippen molar-refractivity contribution in [2.75, 3.05) is 11.9 Å². The van der Waals surface area contributed by atoms with Crippen LogP contribution in [0.2, 0.25) is 0 Å². The van der Waals surface area contributed by atoms with E-state index in [4.69, 9.17) is 4.42 Å². The van der Waals surface area contributed by atoms with E-state index in [2.05, 4.69) is 5.32 Å². The number of rotatable bonds is 6. The molecule has 3 aromatic rings. The lowest BCUT2D eigenvalue weighted by atomic mass is 10.1. The van der Waals surface area contributed by atoms with E-state index >= 15 is 0 Å². The maximum Gasteiger partial charge on any atom is 0.294 e. The smallest absolute Gasteiger partial charge is 0.294 e. The van der Waals surface area contributed by atoms with Gasteiger partial charge in [-0.25, -0.2) is 0 Å². The summed E-state index contributed by atoms with van der Waals surface area (Å²) < 4.78 is 5.81. The van der Waals surface area contributed by atoms with E-state index in [9.17, 15) is 14.4 Å². The van der Waals surface area contributed by atoms with Crippen LogP contribution in [0.5, 0.6) is 0 Å². The fourth-order valence-corrected chi connectivity index (χ4v) is 5.25. The van der Waals surface area contributed by atoms with Crippen LogP contribution in [-0.4, -0.2) is 28.5 Å². The molecule has 3 amide bonds. The normalized spacial score (nSPS) is 14.8. The molecule has 1 saturated heterocycles. The molecule has 2 aromatic carbocycles. The zero-order chi connectivity index (χ0) is 24.4. The number of nitrogens with zero attached hydrogens (tertiary/aromatic N) is 1. The van der Waals surface area contributed by atoms with Crippen LogP contribution >= 0.6 is 23.5 Å². The summed E-state index contributed by atoms with van der Waals surface area (Å²) in [4.78, 5) is 40.1. The lowest BCUT2D eigenvalue weighted by Crippen LogP contribution is -2.36. The van der Waals surface area contributed by atoms with Crippen LogP contribution in [0.1, 0.15) is 28.0 Å². The summed E-state index contributed by atoms with van der Waals surface area (Å²) in [5, 5.41) is 3.03. The van der Waals surface area contributed by atoms with Gasteiger partial charge in [-0.15, -0.1) is 0 Å². The highest BCUT2D eigenvalue weighted by Crippen LogP contribution is 2.34. The molecule has 0 aliphatic carbocycles. The van der Waals surface area contributed by atoms with Gasteiger partial charge in [0.1, 0.15) is 12.3 Å². The largest absolute Gasteiger partial charge is 0.450 e. The Morgan fingerprint density at radius 2 is 1.68 bits per heavy atom. The first-order valence-electron chi connectivity index (χ1n) is 10.7. The zero-order valence-corrected chi connectivity index (χ0v) is 20.9. The molecule has 0 unspecified atom stereocenters. The second-order valence-electron chi connectivity index (χ2n) is 8.16. The Balaban J connectivity index is 1.42. The van der Waals surface area contributed by atoms with Crippen LogP contribution in [0, 0.1) is 27.7 Å². The van der Waals surface area contributed by atoms with Crippen LogP contribution < -0.4 is 5.32 Å². The monoisotopic (exact) mass is 492 g/mol. The third-order valence-electron chi connectivity index (χ3n) is 5.23. The Labute approximate surface area is 206 Å². The van der Waals surface area contributed by atoms with Gasteiger partial charge in [0.2, 0.25) is 5.91 Å². The summed E-state index contributed by atoms with van der Waals surface area (Å²) in [6.45, 7) is 7.49. The van der Waals surface area contributed by atoms with Gasteiger partial charge in [-0.3, -0.25) is 19.3 Å². The van der Waals surface area contributed by atoms with Gasteiger partial charge in [0.15, 0.2) is 5.09 Å². The topological polar surface area (TPSA) is 79.6 Å². The summed E-state index contributed by atoms with van der Waals surface area (Å²) in [6.07, 6.45) is 1.54. The Morgan fingerprint density at radius 3 is 2.35 bits per heavy atom. The fourth-order valence-electron chi connectivity index (χ4n) is 3.65. The maximum absolute atomic E-state index is 12.8. The third kappa shape index (κ3) is 5.46. The molecule has 4 rings (SSSR count). The zero-order valence-electron chi connectivity index (χ0n) is 19.3. The maximum atomic E-state index is 12.8. The standard InChI is InChI=1S/C26H24N2O4S2/c1-15-5-8-20(9-6-15)33-23-10-7-19(32-23)13-21-25(30)28(26(31)34-21)14-22(29)27-24-17(3)11-16(2)12-18(24)4/h5-13H,14H2,1-4H3,(H,27,29)/b21-13-. The molecule has 0 bridgehead atoms. The quantitative estimate of drug-likeness (QED) is 0.405. The Kier molecular flexibility index (Phi) is 7.00. The number of carbonyl (C=O) groups is 3. The Bertz CT molecular complexity index is 1290. The van der Waals surface area contributed by atoms with E-state index in [1.807, 2.05) is 70.2 Å². The van der Waals surface area contributed by atoms with Crippen LogP contribution in [0.3, 0.4) is 0 Å². The minimum absolute atomic E-state index is 0.224. The molecular weight excluding hydrogens is 468 g/mol. The van der Waals surface area contributed by atoms with Crippen molar-refractivity contribution in [3.05, 3.63) is 81.5 Å². The highest BCUT2D eigenvalue weighted by atomic mass is 32.2. The number of benzene rings is 2. The SMILES string of the molecule is Cc1ccc(Sc2ccc(/C=C3\SC(=O)N(CC(=O)Nc4c(C)cc(C)cc4C)C3=O)o2)cc1. The van der Waals surface area contributed by atoms with Crippen molar-refractivity contribution in [2.24, 2.45) is 0 Å². The van der Waals surface area contributed by atoms with Crippen molar-refractivity contribution in [2.45, 2.75) is 37.7 Å². The molecule has 6 nitrogen and oxygen atoms in total. The van der Waals surface area contributed by atoms with Gasteiger partial charge in [0.25, 0.3) is 11.1 Å². The number of imide groups is 1. The lowest BCUT2D eigenvalue weighted by molar-refractivity contribution is -0.127. The van der Waals surface area contributed by atoms with E-state index in [0.717, 1.165) is 38.2 Å². The molecule has 0 atom stereocenters. The van der Waals surface area contributed by atoms with E-state index < -0.39 is 17.1 Å². The van der Waals surface area contributed by atoms with Gasteiger partial charge < -0.3 is 9.73 Å². The Morgan fingerprint density at radius 1 is 1.00 bits per heavy atom. The number of thioether (sulfide) groups is 1. The number of nitrogens with one attached hydrogen (secondary N) is 1. The molecule has 0 saturated carbocycles. The number of carbonyl (C=O) groups excluding carboxylic acids is 3. The average molecular weight is 493 g/mol. The molecule has 174 valence electrons. The van der Waals surface area contributed by atoms with Crippen LogP contribution in [0.25, 0.3) is 6.08 Å². The predicted molar refractivity (Wildman–Crippen MR) is 136 cm³/mol. The summed E-state index contributed by atoms with van der Waals surface area (Å²) >= 11 is 2.27. The van der Waals surface area contributed by atoms with Crippen molar-refractivity contribution in [1.82, 2.24) is 4.90 Å². The first-order chi connectivity index (χ1) is 16.2. The van der Waals surface area contributed by atoms with Gasteiger partial charge >= 0.3 is 0 Å². The highest BCUT2D eigenvalue weighted by Gasteiger charge is 2.36. The molecule has 1 fully saturated rings. The number of hydrogen-bond donors (Lipinski definition) is 1. The molecule has 2 heterocycles. The first-order valence-corrected chi connectivity index (χ1v) is 12.3. The van der Waals surface area contributed by atoms with E-state index in [1.165, 1.54) is 23.4 Å². The first kappa shape index (κ1) is 23.9. The molecule has 34 heavy (non-hydrogen) atoms. The molecule has 0 radical (unpaired) electrons. The van der Waals surface area contributed by atoms with E-state index in [-0.39, 0.29) is 11.4 Å². The molecule has 8 heteroatoms. The van der Waals surface area contributed by atoms with E-state index in [0.29, 0.717) is 16.5 Å². The van der Waals surface area contributed by atoms with Gasteiger partial charge in [-0.05, 0) is 74.8 Å². The van der Waals surface area contributed by atoms with Gasteiger partial charge in [-0.1, -0.05) is 47.2 Å². The second-order valence-corrected chi connectivity index (χ2v) is 10.2. The second kappa shape index (κ2) is 9.95. The van der Waals surface area contributed by atoms with Crippen molar-refractivity contribution in [3.63, 3.8) is 0 Å². The van der Waals surface area contributed by atoms with Crippen LogP contribution in [0.4, 0.5) is 10.5 Å². The van der Waals surface area contributed by atoms with Gasteiger partial charge in [0, 0.05) is 16.7 Å². The van der Waals surface area contributed by atoms with Crippen LogP contribution in [-0.2, 0) is 9.59 Å². The summed E-state index contributed by atoms with van der Waals surface area (Å²) in [5.74, 6) is -0.463. The minimum Gasteiger partial charge on any atom is -0.450 e. The molecular formula is C26H24N2O4S2. The molecule has 1 aliphatic heterocycles. The third-order valence-corrected chi connectivity index (χ3v) is 7.07. The van der Waals surface area contributed by atoms with Crippen molar-refractivity contribution in [3.8, 4) is 0 Å². The lowest BCUT2D eigenvalue weighted by Gasteiger charge is -2.15. The number of furan rings is 1. The minimum atomic E-state index is -0.508. The molecule has 1 aliphatic rings. The number of anilines is 1. The fraction of sp³-hybridized carbons (Fsp3) is 0.192. The Hall–Kier alpha value is -3.23. The number of aryl methyl sites for hydroxylation is 4.